The van der Waals surface area contributed by atoms with Gasteiger partial charge < -0.3 is 10.5 Å². The van der Waals surface area contributed by atoms with Gasteiger partial charge in [-0.3, -0.25) is 20.4 Å². The van der Waals surface area contributed by atoms with Crippen LogP contribution in [0.15, 0.2) is 48.5 Å². The SMILES string of the molecule is Cc1cccc(C(=O)O[C@@H](C)C(=O)NNC(=O)c2ccccc2)c1N. The predicted molar refractivity (Wildman–Crippen MR) is 92.5 cm³/mol. The lowest BCUT2D eigenvalue weighted by atomic mass is 10.1. The Kier molecular flexibility index (Phi) is 5.73. The third-order valence-corrected chi connectivity index (χ3v) is 3.53. The maximum Gasteiger partial charge on any atom is 0.341 e. The van der Waals surface area contributed by atoms with E-state index in [2.05, 4.69) is 10.9 Å². The molecule has 7 heteroatoms. The second kappa shape index (κ2) is 7.96. The third-order valence-electron chi connectivity index (χ3n) is 3.53. The van der Waals surface area contributed by atoms with Gasteiger partial charge in [0, 0.05) is 11.3 Å². The van der Waals surface area contributed by atoms with Gasteiger partial charge in [-0.15, -0.1) is 0 Å². The topological polar surface area (TPSA) is 111 Å². The number of rotatable bonds is 4. The van der Waals surface area contributed by atoms with Gasteiger partial charge in [0.1, 0.15) is 0 Å². The number of carbonyl (C=O) groups is 3. The number of hydrogen-bond acceptors (Lipinski definition) is 5. The molecule has 0 bridgehead atoms. The average molecular weight is 341 g/mol. The summed E-state index contributed by atoms with van der Waals surface area (Å²) in [7, 11) is 0. The van der Waals surface area contributed by atoms with Crippen molar-refractivity contribution in [2.75, 3.05) is 5.73 Å². The molecular weight excluding hydrogens is 322 g/mol. The maximum absolute atomic E-state index is 12.1. The summed E-state index contributed by atoms with van der Waals surface area (Å²) in [6.07, 6.45) is -1.11. The molecule has 1 atom stereocenters. The Morgan fingerprint density at radius 2 is 1.68 bits per heavy atom. The summed E-state index contributed by atoms with van der Waals surface area (Å²) in [4.78, 5) is 35.9. The van der Waals surface area contributed by atoms with Gasteiger partial charge >= 0.3 is 5.97 Å². The molecule has 0 aliphatic heterocycles. The Balaban J connectivity index is 1.91. The van der Waals surface area contributed by atoms with Gasteiger partial charge in [0.15, 0.2) is 6.10 Å². The van der Waals surface area contributed by atoms with E-state index in [4.69, 9.17) is 10.5 Å². The number of anilines is 1. The highest BCUT2D eigenvalue weighted by atomic mass is 16.5. The normalized spacial score (nSPS) is 11.3. The van der Waals surface area contributed by atoms with Gasteiger partial charge in [-0.25, -0.2) is 4.79 Å². The first-order valence-electron chi connectivity index (χ1n) is 7.61. The van der Waals surface area contributed by atoms with Crippen LogP contribution in [0.2, 0.25) is 0 Å². The summed E-state index contributed by atoms with van der Waals surface area (Å²) < 4.78 is 5.09. The second-order valence-corrected chi connectivity index (χ2v) is 5.39. The van der Waals surface area contributed by atoms with Crippen molar-refractivity contribution < 1.29 is 19.1 Å². The zero-order chi connectivity index (χ0) is 18.4. The summed E-state index contributed by atoms with van der Waals surface area (Å²) in [5.41, 5.74) is 11.9. The largest absolute Gasteiger partial charge is 0.449 e. The molecule has 0 saturated heterocycles. The maximum atomic E-state index is 12.1. The second-order valence-electron chi connectivity index (χ2n) is 5.39. The van der Waals surface area contributed by atoms with Gasteiger partial charge in [-0.1, -0.05) is 30.3 Å². The Labute approximate surface area is 145 Å². The lowest BCUT2D eigenvalue weighted by Gasteiger charge is -2.15. The van der Waals surface area contributed by atoms with E-state index < -0.39 is 23.9 Å². The number of nitrogens with one attached hydrogen (secondary N) is 2. The molecule has 0 saturated carbocycles. The molecule has 0 aliphatic rings. The van der Waals surface area contributed by atoms with E-state index >= 15 is 0 Å². The van der Waals surface area contributed by atoms with E-state index in [1.54, 1.807) is 49.4 Å². The van der Waals surface area contributed by atoms with Crippen LogP contribution < -0.4 is 16.6 Å². The van der Waals surface area contributed by atoms with E-state index in [9.17, 15) is 14.4 Å². The van der Waals surface area contributed by atoms with E-state index in [1.807, 2.05) is 0 Å². The van der Waals surface area contributed by atoms with E-state index in [-0.39, 0.29) is 5.56 Å². The average Bonchev–Trinajstić information content (AvgIpc) is 2.62. The number of amides is 2. The minimum atomic E-state index is -1.11. The van der Waals surface area contributed by atoms with Crippen LogP contribution in [-0.4, -0.2) is 23.9 Å². The fourth-order valence-electron chi connectivity index (χ4n) is 2.02. The van der Waals surface area contributed by atoms with Crippen LogP contribution in [-0.2, 0) is 9.53 Å². The Morgan fingerprint density at radius 3 is 2.36 bits per heavy atom. The molecule has 2 aromatic carbocycles. The predicted octanol–water partition coefficient (Wildman–Crippen LogP) is 1.58. The fourth-order valence-corrected chi connectivity index (χ4v) is 2.02. The first-order valence-corrected chi connectivity index (χ1v) is 7.61. The minimum Gasteiger partial charge on any atom is -0.449 e. The molecule has 25 heavy (non-hydrogen) atoms. The number of ether oxygens (including phenoxy) is 1. The lowest BCUT2D eigenvalue weighted by Crippen LogP contribution is -2.46. The quantitative estimate of drug-likeness (QED) is 0.444. The van der Waals surface area contributed by atoms with Crippen molar-refractivity contribution in [2.24, 2.45) is 0 Å². The van der Waals surface area contributed by atoms with Crippen LogP contribution in [0.25, 0.3) is 0 Å². The van der Waals surface area contributed by atoms with Gasteiger partial charge in [0.2, 0.25) is 0 Å². The molecule has 2 amide bonds. The molecular formula is C18H19N3O4. The van der Waals surface area contributed by atoms with Crippen LogP contribution >= 0.6 is 0 Å². The molecule has 2 aromatic rings. The lowest BCUT2D eigenvalue weighted by molar-refractivity contribution is -0.129. The molecule has 4 N–H and O–H groups in total. The molecule has 0 fully saturated rings. The number of benzene rings is 2. The number of carbonyl (C=O) groups excluding carboxylic acids is 3. The molecule has 130 valence electrons. The van der Waals surface area contributed by atoms with Gasteiger partial charge in [-0.05, 0) is 37.6 Å². The summed E-state index contributed by atoms with van der Waals surface area (Å²) >= 11 is 0. The van der Waals surface area contributed by atoms with Crippen molar-refractivity contribution in [2.45, 2.75) is 20.0 Å². The summed E-state index contributed by atoms with van der Waals surface area (Å²) in [5, 5.41) is 0. The summed E-state index contributed by atoms with van der Waals surface area (Å²) in [6.45, 7) is 3.16. The van der Waals surface area contributed by atoms with Crippen molar-refractivity contribution >= 4 is 23.5 Å². The minimum absolute atomic E-state index is 0.188. The number of hydrazine groups is 1. The Bertz CT molecular complexity index is 790. The highest BCUT2D eigenvalue weighted by molar-refractivity contribution is 5.98. The van der Waals surface area contributed by atoms with E-state index in [1.165, 1.54) is 13.0 Å². The van der Waals surface area contributed by atoms with E-state index in [0.717, 1.165) is 5.56 Å². The van der Waals surface area contributed by atoms with Crippen LogP contribution in [0, 0.1) is 6.92 Å². The van der Waals surface area contributed by atoms with Gasteiger partial charge in [0.25, 0.3) is 11.8 Å². The molecule has 2 rings (SSSR count). The Hall–Kier alpha value is -3.35. The zero-order valence-corrected chi connectivity index (χ0v) is 13.9. The van der Waals surface area contributed by atoms with Crippen molar-refractivity contribution in [1.82, 2.24) is 10.9 Å². The van der Waals surface area contributed by atoms with Crippen molar-refractivity contribution in [3.05, 3.63) is 65.2 Å². The van der Waals surface area contributed by atoms with Crippen molar-refractivity contribution in [3.8, 4) is 0 Å². The number of esters is 1. The molecule has 0 aliphatic carbocycles. The van der Waals surface area contributed by atoms with Gasteiger partial charge in [-0.2, -0.15) is 0 Å². The first-order chi connectivity index (χ1) is 11.9. The number of nitrogens with two attached hydrogens (primary N) is 1. The first kappa shape index (κ1) is 18.0. The summed E-state index contributed by atoms with van der Waals surface area (Å²) in [6, 6.07) is 13.3. The standard InChI is InChI=1S/C18H19N3O4/c1-11-7-6-10-14(15(11)19)18(24)25-12(2)16(22)20-21-17(23)13-8-4-3-5-9-13/h3-10,12H,19H2,1-2H3,(H,20,22)(H,21,23)/t12-/m0/s1. The smallest absolute Gasteiger partial charge is 0.341 e. The number of para-hydroxylation sites is 1. The molecule has 0 unspecified atom stereocenters. The van der Waals surface area contributed by atoms with Crippen LogP contribution in [0.5, 0.6) is 0 Å². The monoisotopic (exact) mass is 341 g/mol. The van der Waals surface area contributed by atoms with Crippen LogP contribution in [0.4, 0.5) is 5.69 Å². The van der Waals surface area contributed by atoms with Crippen LogP contribution in [0.1, 0.15) is 33.2 Å². The van der Waals surface area contributed by atoms with Crippen molar-refractivity contribution in [3.63, 3.8) is 0 Å². The molecule has 0 spiro atoms. The molecule has 0 heterocycles. The fraction of sp³-hybridized carbons (Fsp3) is 0.167. The molecule has 0 radical (unpaired) electrons. The van der Waals surface area contributed by atoms with Crippen molar-refractivity contribution in [1.29, 1.82) is 0 Å². The van der Waals surface area contributed by atoms with Crippen LogP contribution in [0.3, 0.4) is 0 Å². The molecule has 0 aromatic heterocycles. The van der Waals surface area contributed by atoms with Gasteiger partial charge in [0.05, 0.1) is 5.56 Å². The highest BCUT2D eigenvalue weighted by Crippen LogP contribution is 2.17. The molecule has 7 nitrogen and oxygen atoms in total. The summed E-state index contributed by atoms with van der Waals surface area (Å²) in [5.74, 6) is -1.85. The zero-order valence-electron chi connectivity index (χ0n) is 13.9. The Morgan fingerprint density at radius 1 is 1.00 bits per heavy atom. The van der Waals surface area contributed by atoms with E-state index in [0.29, 0.717) is 11.3 Å². The highest BCUT2D eigenvalue weighted by Gasteiger charge is 2.21. The number of nitrogen functional groups attached to an aromatic ring is 1. The third kappa shape index (κ3) is 4.57. The number of hydrogen-bond donors (Lipinski definition) is 3. The number of aryl methyl sites for hydroxylation is 1.